The predicted molar refractivity (Wildman–Crippen MR) is 96.6 cm³/mol. The van der Waals surface area contributed by atoms with Gasteiger partial charge in [-0.15, -0.1) is 0 Å². The minimum Gasteiger partial charge on any atom is -0.462 e. The van der Waals surface area contributed by atoms with E-state index >= 15 is 0 Å². The Hall–Kier alpha value is -2.11. The highest BCUT2D eigenvalue weighted by molar-refractivity contribution is 6.04. The van der Waals surface area contributed by atoms with Crippen molar-refractivity contribution in [3.05, 3.63) is 17.1 Å². The normalized spacial score (nSPS) is 11.3. The summed E-state index contributed by atoms with van der Waals surface area (Å²) in [4.78, 5) is 21.8. The van der Waals surface area contributed by atoms with Crippen molar-refractivity contribution in [3.8, 4) is 0 Å². The van der Waals surface area contributed by atoms with E-state index in [0.29, 0.717) is 17.9 Å². The number of carbonyl (C=O) groups is 1. The van der Waals surface area contributed by atoms with Crippen LogP contribution < -0.4 is 5.32 Å². The molecule has 6 nitrogen and oxygen atoms in total. The zero-order valence-electron chi connectivity index (χ0n) is 15.6. The zero-order valence-corrected chi connectivity index (χ0v) is 15.6. The van der Waals surface area contributed by atoms with Gasteiger partial charge >= 0.3 is 5.97 Å². The van der Waals surface area contributed by atoms with Crippen LogP contribution in [0.1, 0.15) is 62.4 Å². The third kappa shape index (κ3) is 3.52. The van der Waals surface area contributed by atoms with E-state index in [4.69, 9.17) is 9.72 Å². The number of ether oxygens (including phenoxy) is 1. The zero-order chi connectivity index (χ0) is 17.9. The lowest BCUT2D eigenvalue weighted by Gasteiger charge is -2.16. The number of aryl methyl sites for hydroxylation is 3. The van der Waals surface area contributed by atoms with Gasteiger partial charge in [0.15, 0.2) is 5.65 Å². The van der Waals surface area contributed by atoms with Crippen LogP contribution in [0.5, 0.6) is 0 Å². The molecule has 0 saturated heterocycles. The van der Waals surface area contributed by atoms with Crippen molar-refractivity contribution in [2.45, 2.75) is 67.0 Å². The van der Waals surface area contributed by atoms with Gasteiger partial charge in [-0.2, -0.15) is 0 Å². The molecule has 0 aliphatic heterocycles. The molecule has 0 atom stereocenters. The lowest BCUT2D eigenvalue weighted by Crippen LogP contribution is -2.17. The molecule has 132 valence electrons. The van der Waals surface area contributed by atoms with Gasteiger partial charge in [-0.25, -0.2) is 14.8 Å². The van der Waals surface area contributed by atoms with Crippen LogP contribution in [0.25, 0.3) is 11.2 Å². The van der Waals surface area contributed by atoms with Crippen molar-refractivity contribution >= 4 is 22.8 Å². The molecule has 0 spiro atoms. The highest BCUT2D eigenvalue weighted by atomic mass is 16.5. The first-order valence-corrected chi connectivity index (χ1v) is 8.71. The Morgan fingerprint density at radius 1 is 1.25 bits per heavy atom. The molecule has 0 amide bonds. The average molecular weight is 332 g/mol. The SMILES string of the molecule is CCCCn1c(C)nc2c(NC(C)C)c(C(=O)OCC)c(C)nc21. The number of anilines is 1. The van der Waals surface area contributed by atoms with Gasteiger partial charge in [0.25, 0.3) is 0 Å². The number of fused-ring (bicyclic) bond motifs is 1. The second-order valence-corrected chi connectivity index (χ2v) is 6.30. The smallest absolute Gasteiger partial charge is 0.342 e. The largest absolute Gasteiger partial charge is 0.462 e. The molecule has 0 unspecified atom stereocenters. The predicted octanol–water partition coefficient (Wildman–Crippen LogP) is 3.85. The summed E-state index contributed by atoms with van der Waals surface area (Å²) >= 11 is 0. The number of nitrogens with zero attached hydrogens (tertiary/aromatic N) is 3. The fraction of sp³-hybridized carbons (Fsp3) is 0.611. The summed E-state index contributed by atoms with van der Waals surface area (Å²) in [6.45, 7) is 13.1. The van der Waals surface area contributed by atoms with Crippen LogP contribution in [-0.4, -0.2) is 33.2 Å². The Bertz CT molecular complexity index is 734. The Labute approximate surface area is 143 Å². The Balaban J connectivity index is 2.70. The van der Waals surface area contributed by atoms with Crippen LogP contribution in [-0.2, 0) is 11.3 Å². The summed E-state index contributed by atoms with van der Waals surface area (Å²) in [5.41, 5.74) is 3.45. The number of esters is 1. The highest BCUT2D eigenvalue weighted by Crippen LogP contribution is 2.30. The maximum absolute atomic E-state index is 12.4. The summed E-state index contributed by atoms with van der Waals surface area (Å²) in [5.74, 6) is 0.562. The first-order valence-electron chi connectivity index (χ1n) is 8.71. The van der Waals surface area contributed by atoms with Gasteiger partial charge in [-0.05, 0) is 41.0 Å². The Morgan fingerprint density at radius 2 is 1.96 bits per heavy atom. The summed E-state index contributed by atoms with van der Waals surface area (Å²) in [5, 5.41) is 3.38. The number of hydrogen-bond donors (Lipinski definition) is 1. The number of unbranched alkanes of at least 4 members (excludes halogenated alkanes) is 1. The second kappa shape index (κ2) is 7.64. The number of carbonyl (C=O) groups excluding carboxylic acids is 1. The molecule has 0 aliphatic rings. The van der Waals surface area contributed by atoms with Crippen LogP contribution in [0, 0.1) is 13.8 Å². The number of nitrogens with one attached hydrogen (secondary N) is 1. The summed E-state index contributed by atoms with van der Waals surface area (Å²) in [6, 6.07) is 0.171. The topological polar surface area (TPSA) is 69.0 Å². The lowest BCUT2D eigenvalue weighted by molar-refractivity contribution is 0.0526. The molecule has 0 aliphatic carbocycles. The Kier molecular flexibility index (Phi) is 5.80. The van der Waals surface area contributed by atoms with Gasteiger partial charge < -0.3 is 14.6 Å². The molecule has 0 bridgehead atoms. The van der Waals surface area contributed by atoms with Crippen LogP contribution >= 0.6 is 0 Å². The van der Waals surface area contributed by atoms with Crippen molar-refractivity contribution in [2.75, 3.05) is 11.9 Å². The van der Waals surface area contributed by atoms with E-state index in [9.17, 15) is 4.79 Å². The van der Waals surface area contributed by atoms with E-state index in [1.807, 2.05) is 27.7 Å². The van der Waals surface area contributed by atoms with Crippen molar-refractivity contribution in [1.82, 2.24) is 14.5 Å². The minimum absolute atomic E-state index is 0.171. The van der Waals surface area contributed by atoms with E-state index < -0.39 is 0 Å². The molecule has 0 fully saturated rings. The molecule has 2 heterocycles. The highest BCUT2D eigenvalue weighted by Gasteiger charge is 2.24. The van der Waals surface area contributed by atoms with Crippen LogP contribution in [0.4, 0.5) is 5.69 Å². The monoisotopic (exact) mass is 332 g/mol. The second-order valence-electron chi connectivity index (χ2n) is 6.30. The third-order valence-corrected chi connectivity index (χ3v) is 3.90. The van der Waals surface area contributed by atoms with E-state index in [2.05, 4.69) is 21.8 Å². The molecule has 2 rings (SSSR count). The van der Waals surface area contributed by atoms with Gasteiger partial charge in [-0.1, -0.05) is 13.3 Å². The van der Waals surface area contributed by atoms with Gasteiger partial charge in [-0.3, -0.25) is 0 Å². The lowest BCUT2D eigenvalue weighted by atomic mass is 10.1. The van der Waals surface area contributed by atoms with Crippen molar-refractivity contribution in [1.29, 1.82) is 0 Å². The molecule has 2 aromatic heterocycles. The summed E-state index contributed by atoms with van der Waals surface area (Å²) in [6.07, 6.45) is 2.18. The Morgan fingerprint density at radius 3 is 2.54 bits per heavy atom. The van der Waals surface area contributed by atoms with Crippen LogP contribution in [0.2, 0.25) is 0 Å². The van der Waals surface area contributed by atoms with Gasteiger partial charge in [0, 0.05) is 12.6 Å². The maximum atomic E-state index is 12.4. The quantitative estimate of drug-likeness (QED) is 0.780. The molecule has 0 radical (unpaired) electrons. The van der Waals surface area contributed by atoms with Crippen molar-refractivity contribution in [2.24, 2.45) is 0 Å². The first kappa shape index (κ1) is 18.2. The van der Waals surface area contributed by atoms with Crippen LogP contribution in [0.15, 0.2) is 0 Å². The molecule has 1 N–H and O–H groups in total. The number of hydrogen-bond acceptors (Lipinski definition) is 5. The maximum Gasteiger partial charge on any atom is 0.342 e. The molecule has 6 heteroatoms. The van der Waals surface area contributed by atoms with Gasteiger partial charge in [0.2, 0.25) is 0 Å². The van der Waals surface area contributed by atoms with Gasteiger partial charge in [0.1, 0.15) is 16.9 Å². The number of aromatic nitrogens is 3. The van der Waals surface area contributed by atoms with Gasteiger partial charge in [0.05, 0.1) is 18.0 Å². The molecule has 2 aromatic rings. The van der Waals surface area contributed by atoms with E-state index in [1.54, 1.807) is 6.92 Å². The fourth-order valence-electron chi connectivity index (χ4n) is 2.81. The molecule has 0 saturated carbocycles. The average Bonchev–Trinajstić information content (AvgIpc) is 2.80. The van der Waals surface area contributed by atoms with Crippen molar-refractivity contribution in [3.63, 3.8) is 0 Å². The number of imidazole rings is 1. The van der Waals surface area contributed by atoms with E-state index in [1.165, 1.54) is 0 Å². The third-order valence-electron chi connectivity index (χ3n) is 3.90. The minimum atomic E-state index is -0.353. The molecule has 0 aromatic carbocycles. The number of rotatable bonds is 7. The summed E-state index contributed by atoms with van der Waals surface area (Å²) in [7, 11) is 0. The standard InChI is InChI=1S/C18H28N4O2/c1-7-9-10-22-13(6)21-16-15(19-11(3)4)14(18(23)24-8-2)12(5)20-17(16)22/h11H,7-10H2,1-6H3,(H,19,20). The first-order chi connectivity index (χ1) is 11.4. The molecular formula is C18H28N4O2. The number of pyridine rings is 1. The van der Waals surface area contributed by atoms with E-state index in [0.717, 1.165) is 42.1 Å². The molecule has 24 heavy (non-hydrogen) atoms. The molecular weight excluding hydrogens is 304 g/mol. The summed E-state index contributed by atoms with van der Waals surface area (Å²) < 4.78 is 7.36. The van der Waals surface area contributed by atoms with Crippen LogP contribution in [0.3, 0.4) is 0 Å². The van der Waals surface area contributed by atoms with Crippen molar-refractivity contribution < 1.29 is 9.53 Å². The fourth-order valence-corrected chi connectivity index (χ4v) is 2.81. The van der Waals surface area contributed by atoms with E-state index in [-0.39, 0.29) is 12.0 Å².